The molecule has 3 heteroatoms. The summed E-state index contributed by atoms with van der Waals surface area (Å²) >= 11 is 0. The third-order valence-corrected chi connectivity index (χ3v) is 1.34. The largest absolute Gasteiger partial charge is 0.315 e. The molecule has 0 spiro atoms. The van der Waals surface area contributed by atoms with Crippen molar-refractivity contribution in [1.82, 2.24) is 9.55 Å². The summed E-state index contributed by atoms with van der Waals surface area (Å²) in [6.45, 7) is 12.6. The third kappa shape index (κ3) is 6.40. The molecule has 1 heterocycles. The zero-order chi connectivity index (χ0) is 11.4. The maximum Gasteiger partial charge on any atom is 0.115 e. The van der Waals surface area contributed by atoms with Gasteiger partial charge in [0.05, 0.1) is 6.33 Å². The molecule has 0 radical (unpaired) electrons. The van der Waals surface area contributed by atoms with E-state index >= 15 is 0 Å². The van der Waals surface area contributed by atoms with Crippen LogP contribution in [-0.2, 0) is 6.67 Å². The van der Waals surface area contributed by atoms with Crippen molar-refractivity contribution in [2.75, 3.05) is 0 Å². The number of nitrogens with zero attached hydrogens (tertiary/aromatic N) is 3. The Morgan fingerprint density at radius 2 is 1.93 bits per heavy atom. The topological polar surface area (TPSA) is 30.2 Å². The summed E-state index contributed by atoms with van der Waals surface area (Å²) in [6, 6.07) is 0. The monoisotopic (exact) mass is 197 g/mol. The Balaban J connectivity index is 0. The van der Waals surface area contributed by atoms with Crippen LogP contribution in [0.4, 0.5) is 0 Å². The first-order valence-corrected chi connectivity index (χ1v) is 5.25. The van der Waals surface area contributed by atoms with Crippen molar-refractivity contribution in [2.24, 2.45) is 4.99 Å². The SMILES string of the molecule is C/C=N\Cn1cncc1C.CC.CC. The predicted octanol–water partition coefficient (Wildman–Crippen LogP) is 3.29. The molecule has 3 nitrogen and oxygen atoms in total. The molecule has 0 atom stereocenters. The molecular formula is C11H23N3. The zero-order valence-electron chi connectivity index (χ0n) is 10.3. The van der Waals surface area contributed by atoms with Gasteiger partial charge in [-0.05, 0) is 20.1 Å². The van der Waals surface area contributed by atoms with Crippen molar-refractivity contribution < 1.29 is 0 Å². The van der Waals surface area contributed by atoms with Gasteiger partial charge in [-0.2, -0.15) is 0 Å². The highest BCUT2D eigenvalue weighted by Crippen LogP contribution is 1.95. The average Bonchev–Trinajstić information content (AvgIpc) is 2.67. The lowest BCUT2D eigenvalue weighted by Crippen LogP contribution is -1.94. The fraction of sp³-hybridized carbons (Fsp3) is 0.636. The van der Waals surface area contributed by atoms with Crippen LogP contribution in [0.1, 0.15) is 40.3 Å². The fourth-order valence-electron chi connectivity index (χ4n) is 0.705. The lowest BCUT2D eigenvalue weighted by atomic mass is 10.5. The molecule has 0 fully saturated rings. The maximum atomic E-state index is 4.07. The summed E-state index contributed by atoms with van der Waals surface area (Å²) in [6.07, 6.45) is 5.40. The van der Waals surface area contributed by atoms with Gasteiger partial charge in [0.2, 0.25) is 0 Å². The van der Waals surface area contributed by atoms with E-state index in [-0.39, 0.29) is 0 Å². The Hall–Kier alpha value is -1.12. The van der Waals surface area contributed by atoms with Gasteiger partial charge in [0.1, 0.15) is 6.67 Å². The van der Waals surface area contributed by atoms with E-state index in [0.717, 1.165) is 5.69 Å². The number of hydrogen-bond donors (Lipinski definition) is 0. The minimum absolute atomic E-state index is 0.683. The molecule has 0 saturated carbocycles. The molecule has 0 bridgehead atoms. The van der Waals surface area contributed by atoms with Crippen LogP contribution in [0.2, 0.25) is 0 Å². The lowest BCUT2D eigenvalue weighted by molar-refractivity contribution is 0.714. The molecule has 0 amide bonds. The van der Waals surface area contributed by atoms with Gasteiger partial charge in [-0.25, -0.2) is 4.98 Å². The number of hydrogen-bond acceptors (Lipinski definition) is 2. The van der Waals surface area contributed by atoms with Gasteiger partial charge in [0.15, 0.2) is 0 Å². The van der Waals surface area contributed by atoms with E-state index in [1.807, 2.05) is 52.3 Å². The number of rotatable bonds is 2. The number of imidazole rings is 1. The van der Waals surface area contributed by atoms with E-state index in [9.17, 15) is 0 Å². The van der Waals surface area contributed by atoms with Crippen molar-refractivity contribution in [3.63, 3.8) is 0 Å². The summed E-state index contributed by atoms with van der Waals surface area (Å²) in [7, 11) is 0. The van der Waals surface area contributed by atoms with Crippen molar-refractivity contribution in [3.05, 3.63) is 18.2 Å². The Morgan fingerprint density at radius 3 is 2.29 bits per heavy atom. The fourth-order valence-corrected chi connectivity index (χ4v) is 0.705. The normalized spacial score (nSPS) is 8.71. The molecule has 82 valence electrons. The number of aromatic nitrogens is 2. The standard InChI is InChI=1S/C7H11N3.2C2H6/c1-3-8-5-10-6-9-4-7(10)2;2*1-2/h3-4,6H,5H2,1-2H3;2*1-2H3/b8-3-;;. The van der Waals surface area contributed by atoms with Gasteiger partial charge in [0.25, 0.3) is 0 Å². The first-order valence-electron chi connectivity index (χ1n) is 5.25. The van der Waals surface area contributed by atoms with E-state index in [0.29, 0.717) is 6.67 Å². The second-order valence-corrected chi connectivity index (χ2v) is 2.09. The Morgan fingerprint density at radius 1 is 1.36 bits per heavy atom. The highest BCUT2D eigenvalue weighted by atomic mass is 15.1. The van der Waals surface area contributed by atoms with Gasteiger partial charge < -0.3 is 4.57 Å². The first kappa shape index (κ1) is 15.4. The van der Waals surface area contributed by atoms with Crippen LogP contribution in [-0.4, -0.2) is 15.8 Å². The highest BCUT2D eigenvalue weighted by Gasteiger charge is 1.90. The molecular weight excluding hydrogens is 174 g/mol. The minimum Gasteiger partial charge on any atom is -0.315 e. The molecule has 1 rings (SSSR count). The summed E-state index contributed by atoms with van der Waals surface area (Å²) in [4.78, 5) is 8.04. The Kier molecular flexibility index (Phi) is 13.0. The second kappa shape index (κ2) is 11.9. The molecule has 0 aliphatic carbocycles. The predicted molar refractivity (Wildman–Crippen MR) is 63.8 cm³/mol. The first-order chi connectivity index (χ1) is 6.84. The third-order valence-electron chi connectivity index (χ3n) is 1.34. The Labute approximate surface area is 87.9 Å². The van der Waals surface area contributed by atoms with E-state index in [1.54, 1.807) is 12.5 Å². The molecule has 0 unspecified atom stereocenters. The minimum atomic E-state index is 0.683. The Bertz CT molecular complexity index is 226. The van der Waals surface area contributed by atoms with Gasteiger partial charge in [-0.3, -0.25) is 4.99 Å². The molecule has 1 aromatic rings. The lowest BCUT2D eigenvalue weighted by Gasteiger charge is -1.97. The number of aryl methyl sites for hydroxylation is 1. The van der Waals surface area contributed by atoms with E-state index in [4.69, 9.17) is 0 Å². The van der Waals surface area contributed by atoms with Gasteiger partial charge >= 0.3 is 0 Å². The van der Waals surface area contributed by atoms with Crippen molar-refractivity contribution in [3.8, 4) is 0 Å². The molecule has 0 aromatic carbocycles. The van der Waals surface area contributed by atoms with Crippen LogP contribution in [0.15, 0.2) is 17.5 Å². The van der Waals surface area contributed by atoms with Crippen molar-refractivity contribution in [1.29, 1.82) is 0 Å². The van der Waals surface area contributed by atoms with E-state index < -0.39 is 0 Å². The van der Waals surface area contributed by atoms with Gasteiger partial charge in [-0.1, -0.05) is 27.7 Å². The van der Waals surface area contributed by atoms with E-state index in [1.165, 1.54) is 0 Å². The van der Waals surface area contributed by atoms with Crippen molar-refractivity contribution >= 4 is 6.21 Å². The smallest absolute Gasteiger partial charge is 0.115 e. The average molecular weight is 197 g/mol. The van der Waals surface area contributed by atoms with Crippen LogP contribution in [0.5, 0.6) is 0 Å². The van der Waals surface area contributed by atoms with Gasteiger partial charge in [0, 0.05) is 11.9 Å². The molecule has 0 aliphatic heterocycles. The highest BCUT2D eigenvalue weighted by molar-refractivity contribution is 5.52. The summed E-state index contributed by atoms with van der Waals surface area (Å²) in [5.41, 5.74) is 1.14. The van der Waals surface area contributed by atoms with Crippen LogP contribution < -0.4 is 0 Å². The zero-order valence-corrected chi connectivity index (χ0v) is 10.3. The molecule has 0 aliphatic rings. The van der Waals surface area contributed by atoms with Crippen LogP contribution in [0.25, 0.3) is 0 Å². The summed E-state index contributed by atoms with van der Waals surface area (Å²) in [5, 5.41) is 0. The van der Waals surface area contributed by atoms with Gasteiger partial charge in [-0.15, -0.1) is 0 Å². The quantitative estimate of drug-likeness (QED) is 0.669. The molecule has 0 N–H and O–H groups in total. The van der Waals surface area contributed by atoms with Crippen LogP contribution in [0.3, 0.4) is 0 Å². The van der Waals surface area contributed by atoms with E-state index in [2.05, 4.69) is 9.98 Å². The summed E-state index contributed by atoms with van der Waals surface area (Å²) < 4.78 is 1.99. The number of aliphatic imine (C=N–C) groups is 1. The van der Waals surface area contributed by atoms with Crippen LogP contribution in [0, 0.1) is 6.92 Å². The molecule has 14 heavy (non-hydrogen) atoms. The van der Waals surface area contributed by atoms with Crippen molar-refractivity contribution in [2.45, 2.75) is 48.2 Å². The van der Waals surface area contributed by atoms with Crippen LogP contribution >= 0.6 is 0 Å². The maximum absolute atomic E-state index is 4.07. The second-order valence-electron chi connectivity index (χ2n) is 2.09. The molecule has 1 aromatic heterocycles. The molecule has 0 saturated heterocycles. The summed E-state index contributed by atoms with van der Waals surface area (Å²) in [5.74, 6) is 0.